The highest BCUT2D eigenvalue weighted by Gasteiger charge is 2.20. The summed E-state index contributed by atoms with van der Waals surface area (Å²) in [4.78, 5) is 13.6. The zero-order valence-electron chi connectivity index (χ0n) is 12.2. The van der Waals surface area contributed by atoms with Gasteiger partial charge in [-0.15, -0.1) is 0 Å². The maximum absolute atomic E-state index is 11.9. The summed E-state index contributed by atoms with van der Waals surface area (Å²) >= 11 is 0. The lowest BCUT2D eigenvalue weighted by Gasteiger charge is -2.22. The fraction of sp³-hybridized carbons (Fsp3) is 0.615. The number of nitrogens with zero attached hydrogens (tertiary/aromatic N) is 2. The van der Waals surface area contributed by atoms with Crippen molar-refractivity contribution in [1.82, 2.24) is 9.21 Å². The lowest BCUT2D eigenvalue weighted by Crippen LogP contribution is -2.36. The Bertz CT molecular complexity index is 506. The fourth-order valence-electron chi connectivity index (χ4n) is 1.89. The van der Waals surface area contributed by atoms with Gasteiger partial charge in [0.05, 0.1) is 19.1 Å². The largest absolute Gasteiger partial charge is 0.468 e. The van der Waals surface area contributed by atoms with Crippen LogP contribution in [-0.2, 0) is 21.4 Å². The molecule has 6 nitrogen and oxygen atoms in total. The highest BCUT2D eigenvalue weighted by molar-refractivity contribution is 7.88. The van der Waals surface area contributed by atoms with E-state index in [2.05, 4.69) is 0 Å². The molecule has 0 unspecified atom stereocenters. The molecule has 0 saturated heterocycles. The van der Waals surface area contributed by atoms with Crippen molar-refractivity contribution in [3.8, 4) is 0 Å². The van der Waals surface area contributed by atoms with E-state index in [-0.39, 0.29) is 25.4 Å². The topological polar surface area (TPSA) is 70.8 Å². The van der Waals surface area contributed by atoms with Gasteiger partial charge in [-0.3, -0.25) is 4.79 Å². The molecule has 0 spiro atoms. The van der Waals surface area contributed by atoms with Gasteiger partial charge in [0.15, 0.2) is 0 Å². The summed E-state index contributed by atoms with van der Waals surface area (Å²) in [7, 11) is -3.37. The van der Waals surface area contributed by atoms with Crippen LogP contribution in [0.1, 0.15) is 26.0 Å². The number of hydrogen-bond donors (Lipinski definition) is 0. The smallest absolute Gasteiger partial charge is 0.223 e. The van der Waals surface area contributed by atoms with E-state index in [1.54, 1.807) is 17.0 Å². The molecule has 1 aromatic heterocycles. The average molecular weight is 302 g/mol. The van der Waals surface area contributed by atoms with Crippen LogP contribution in [0.5, 0.6) is 0 Å². The number of sulfonamides is 1. The molecule has 1 rings (SSSR count). The fourth-order valence-corrected chi connectivity index (χ4v) is 2.68. The zero-order chi connectivity index (χ0) is 15.2. The molecular weight excluding hydrogens is 280 g/mol. The van der Waals surface area contributed by atoms with Crippen molar-refractivity contribution in [2.45, 2.75) is 26.8 Å². The molecule has 1 amide bonds. The standard InChI is InChI=1S/C13H22N2O4S/c1-4-14(5-2)13(16)8-9-15(20(3,17)18)11-12-7-6-10-19-12/h6-7,10H,4-5,8-9,11H2,1-3H3. The third-order valence-corrected chi connectivity index (χ3v) is 4.32. The van der Waals surface area contributed by atoms with Crippen LogP contribution < -0.4 is 0 Å². The van der Waals surface area contributed by atoms with Crippen LogP contribution in [0.25, 0.3) is 0 Å². The molecular formula is C13H22N2O4S. The molecule has 0 radical (unpaired) electrons. The van der Waals surface area contributed by atoms with Crippen molar-refractivity contribution < 1.29 is 17.6 Å². The normalized spacial score (nSPS) is 11.8. The van der Waals surface area contributed by atoms with Crippen LogP contribution >= 0.6 is 0 Å². The van der Waals surface area contributed by atoms with Crippen molar-refractivity contribution in [3.05, 3.63) is 24.2 Å². The monoisotopic (exact) mass is 302 g/mol. The third-order valence-electron chi connectivity index (χ3n) is 3.07. The molecule has 0 atom stereocenters. The first-order valence-corrected chi connectivity index (χ1v) is 8.48. The van der Waals surface area contributed by atoms with Crippen molar-refractivity contribution in [3.63, 3.8) is 0 Å². The summed E-state index contributed by atoms with van der Waals surface area (Å²) in [5.74, 6) is 0.522. The molecule has 20 heavy (non-hydrogen) atoms. The highest BCUT2D eigenvalue weighted by atomic mass is 32.2. The van der Waals surface area contributed by atoms with E-state index in [0.29, 0.717) is 18.8 Å². The first-order valence-electron chi connectivity index (χ1n) is 6.63. The summed E-state index contributed by atoms with van der Waals surface area (Å²) in [5.41, 5.74) is 0. The quantitative estimate of drug-likeness (QED) is 0.725. The summed E-state index contributed by atoms with van der Waals surface area (Å²) in [6, 6.07) is 3.42. The molecule has 7 heteroatoms. The Morgan fingerprint density at radius 3 is 2.40 bits per heavy atom. The molecule has 0 N–H and O–H groups in total. The predicted octanol–water partition coefficient (Wildman–Crippen LogP) is 1.30. The molecule has 114 valence electrons. The molecule has 0 bridgehead atoms. The number of rotatable bonds is 8. The van der Waals surface area contributed by atoms with Crippen LogP contribution in [0.3, 0.4) is 0 Å². The Hall–Kier alpha value is -1.34. The third kappa shape index (κ3) is 4.97. The number of carbonyl (C=O) groups excluding carboxylic acids is 1. The van der Waals surface area contributed by atoms with Gasteiger partial charge in [0, 0.05) is 26.1 Å². The van der Waals surface area contributed by atoms with Gasteiger partial charge in [0.2, 0.25) is 15.9 Å². The minimum absolute atomic E-state index is 0.0388. The highest BCUT2D eigenvalue weighted by Crippen LogP contribution is 2.10. The molecule has 1 aromatic rings. The Morgan fingerprint density at radius 2 is 1.95 bits per heavy atom. The van der Waals surface area contributed by atoms with E-state index in [1.165, 1.54) is 10.6 Å². The van der Waals surface area contributed by atoms with Gasteiger partial charge in [0.1, 0.15) is 5.76 Å². The van der Waals surface area contributed by atoms with E-state index < -0.39 is 10.0 Å². The Balaban J connectivity index is 2.65. The minimum atomic E-state index is -3.37. The first kappa shape index (κ1) is 16.7. The van der Waals surface area contributed by atoms with Crippen LogP contribution in [-0.4, -0.2) is 49.4 Å². The number of furan rings is 1. The molecule has 0 fully saturated rings. The lowest BCUT2D eigenvalue weighted by molar-refractivity contribution is -0.130. The van der Waals surface area contributed by atoms with Crippen LogP contribution in [0.15, 0.2) is 22.8 Å². The predicted molar refractivity (Wildman–Crippen MR) is 76.5 cm³/mol. The summed E-state index contributed by atoms with van der Waals surface area (Å²) in [5, 5.41) is 0. The second-order valence-corrected chi connectivity index (χ2v) is 6.47. The van der Waals surface area contributed by atoms with Gasteiger partial charge < -0.3 is 9.32 Å². The molecule has 0 aliphatic heterocycles. The van der Waals surface area contributed by atoms with E-state index in [4.69, 9.17) is 4.42 Å². The Kier molecular flexibility index (Phi) is 6.22. The van der Waals surface area contributed by atoms with E-state index in [1.807, 2.05) is 13.8 Å². The van der Waals surface area contributed by atoms with E-state index in [0.717, 1.165) is 6.26 Å². The molecule has 0 aliphatic carbocycles. The van der Waals surface area contributed by atoms with Gasteiger partial charge in [0.25, 0.3) is 0 Å². The number of carbonyl (C=O) groups is 1. The summed E-state index contributed by atoms with van der Waals surface area (Å²) in [6.45, 7) is 5.38. The van der Waals surface area contributed by atoms with Gasteiger partial charge in [-0.25, -0.2) is 8.42 Å². The Morgan fingerprint density at radius 1 is 1.30 bits per heavy atom. The summed E-state index contributed by atoms with van der Waals surface area (Å²) < 4.78 is 29.9. The maximum atomic E-state index is 11.9. The van der Waals surface area contributed by atoms with Gasteiger partial charge in [-0.1, -0.05) is 0 Å². The minimum Gasteiger partial charge on any atom is -0.468 e. The van der Waals surface area contributed by atoms with E-state index >= 15 is 0 Å². The van der Waals surface area contributed by atoms with Crippen LogP contribution in [0, 0.1) is 0 Å². The molecule has 0 aromatic carbocycles. The molecule has 0 saturated carbocycles. The van der Waals surface area contributed by atoms with Crippen molar-refractivity contribution >= 4 is 15.9 Å². The lowest BCUT2D eigenvalue weighted by atomic mass is 10.3. The number of hydrogen-bond acceptors (Lipinski definition) is 4. The second-order valence-electron chi connectivity index (χ2n) is 4.49. The molecule has 0 aliphatic rings. The van der Waals surface area contributed by atoms with Crippen LogP contribution in [0.2, 0.25) is 0 Å². The van der Waals surface area contributed by atoms with Crippen molar-refractivity contribution in [2.24, 2.45) is 0 Å². The second kappa shape index (κ2) is 7.44. The average Bonchev–Trinajstić information content (AvgIpc) is 2.87. The van der Waals surface area contributed by atoms with Gasteiger partial charge in [-0.2, -0.15) is 4.31 Å². The first-order chi connectivity index (χ1) is 9.38. The SMILES string of the molecule is CCN(CC)C(=O)CCN(Cc1ccco1)S(C)(=O)=O. The maximum Gasteiger partial charge on any atom is 0.223 e. The van der Waals surface area contributed by atoms with E-state index in [9.17, 15) is 13.2 Å². The van der Waals surface area contributed by atoms with Crippen LogP contribution in [0.4, 0.5) is 0 Å². The van der Waals surface area contributed by atoms with Crippen molar-refractivity contribution in [2.75, 3.05) is 25.9 Å². The number of amides is 1. The van der Waals surface area contributed by atoms with Gasteiger partial charge >= 0.3 is 0 Å². The summed E-state index contributed by atoms with van der Waals surface area (Å²) in [6.07, 6.45) is 2.81. The molecule has 1 heterocycles. The van der Waals surface area contributed by atoms with Crippen molar-refractivity contribution in [1.29, 1.82) is 0 Å². The zero-order valence-corrected chi connectivity index (χ0v) is 13.0. The van der Waals surface area contributed by atoms with Gasteiger partial charge in [-0.05, 0) is 26.0 Å². The Labute approximate surface area is 120 Å².